The number of hydrogen-bond acceptors (Lipinski definition) is 3. The summed E-state index contributed by atoms with van der Waals surface area (Å²) in [7, 11) is 0. The minimum atomic E-state index is 0.136. The van der Waals surface area contributed by atoms with Crippen LogP contribution in [0.25, 0.3) is 11.4 Å². The van der Waals surface area contributed by atoms with E-state index in [0.29, 0.717) is 6.42 Å². The number of rotatable bonds is 2. The van der Waals surface area contributed by atoms with Crippen LogP contribution in [-0.4, -0.2) is 22.4 Å². The van der Waals surface area contributed by atoms with E-state index < -0.39 is 0 Å². The molecule has 1 fully saturated rings. The first-order chi connectivity index (χ1) is 10.0. The van der Waals surface area contributed by atoms with Crippen molar-refractivity contribution in [3.8, 4) is 11.4 Å². The highest BCUT2D eigenvalue weighted by molar-refractivity contribution is 5.79. The Balaban J connectivity index is 1.89. The molecule has 1 atom stereocenters. The van der Waals surface area contributed by atoms with E-state index in [1.807, 2.05) is 32.9 Å². The molecule has 4 nitrogen and oxygen atoms in total. The third-order valence-electron chi connectivity index (χ3n) is 4.25. The fraction of sp³-hybridized carbons (Fsp3) is 0.353. The van der Waals surface area contributed by atoms with Crippen LogP contribution in [0.1, 0.15) is 34.9 Å². The highest BCUT2D eigenvalue weighted by Gasteiger charge is 2.22. The molecule has 0 radical (unpaired) electrons. The average Bonchev–Trinajstić information content (AvgIpc) is 2.91. The minimum absolute atomic E-state index is 0.136. The Hall–Kier alpha value is -2.23. The van der Waals surface area contributed by atoms with Gasteiger partial charge in [0, 0.05) is 35.8 Å². The van der Waals surface area contributed by atoms with Gasteiger partial charge in [0.2, 0.25) is 5.91 Å². The molecule has 1 aromatic heterocycles. The van der Waals surface area contributed by atoms with Crippen LogP contribution >= 0.6 is 0 Å². The molecule has 3 rings (SSSR count). The monoisotopic (exact) mass is 281 g/mol. The van der Waals surface area contributed by atoms with Gasteiger partial charge in [-0.25, -0.2) is 9.97 Å². The molecule has 108 valence electrons. The van der Waals surface area contributed by atoms with Gasteiger partial charge in [-0.2, -0.15) is 0 Å². The van der Waals surface area contributed by atoms with Crippen LogP contribution < -0.4 is 5.32 Å². The molecule has 1 saturated heterocycles. The van der Waals surface area contributed by atoms with E-state index in [-0.39, 0.29) is 11.8 Å². The second kappa shape index (κ2) is 5.28. The third-order valence-corrected chi connectivity index (χ3v) is 4.25. The van der Waals surface area contributed by atoms with Crippen molar-refractivity contribution in [3.05, 3.63) is 46.8 Å². The smallest absolute Gasteiger partial charge is 0.220 e. The number of nitrogens with zero attached hydrogens (tertiary/aromatic N) is 2. The van der Waals surface area contributed by atoms with Gasteiger partial charge in [0.1, 0.15) is 0 Å². The van der Waals surface area contributed by atoms with E-state index in [0.717, 1.165) is 34.9 Å². The fourth-order valence-corrected chi connectivity index (χ4v) is 2.65. The van der Waals surface area contributed by atoms with Gasteiger partial charge in [0.15, 0.2) is 5.82 Å². The van der Waals surface area contributed by atoms with Gasteiger partial charge in [0.05, 0.1) is 0 Å². The second-order valence-corrected chi connectivity index (χ2v) is 5.67. The van der Waals surface area contributed by atoms with E-state index in [1.54, 1.807) is 0 Å². The lowest BCUT2D eigenvalue weighted by Crippen LogP contribution is -2.13. The van der Waals surface area contributed by atoms with Crippen molar-refractivity contribution < 1.29 is 4.79 Å². The first kappa shape index (κ1) is 13.7. The van der Waals surface area contributed by atoms with E-state index >= 15 is 0 Å². The Morgan fingerprint density at radius 2 is 1.67 bits per heavy atom. The van der Waals surface area contributed by atoms with Gasteiger partial charge in [0.25, 0.3) is 0 Å². The zero-order chi connectivity index (χ0) is 15.0. The molecule has 0 saturated carbocycles. The first-order valence-electron chi connectivity index (χ1n) is 7.23. The van der Waals surface area contributed by atoms with E-state index in [1.165, 1.54) is 5.56 Å². The van der Waals surface area contributed by atoms with Crippen molar-refractivity contribution in [2.45, 2.75) is 33.1 Å². The summed E-state index contributed by atoms with van der Waals surface area (Å²) >= 11 is 0. The predicted molar refractivity (Wildman–Crippen MR) is 82.0 cm³/mol. The van der Waals surface area contributed by atoms with Gasteiger partial charge < -0.3 is 5.32 Å². The molecular weight excluding hydrogens is 262 g/mol. The van der Waals surface area contributed by atoms with Crippen molar-refractivity contribution in [2.75, 3.05) is 6.54 Å². The molecule has 1 aromatic carbocycles. The van der Waals surface area contributed by atoms with E-state index in [4.69, 9.17) is 0 Å². The zero-order valence-corrected chi connectivity index (χ0v) is 12.6. The average molecular weight is 281 g/mol. The number of nitrogens with one attached hydrogen (secondary N) is 1. The molecular formula is C17H19N3O. The predicted octanol–water partition coefficient (Wildman–Crippen LogP) is 2.67. The third kappa shape index (κ3) is 2.66. The van der Waals surface area contributed by atoms with Crippen LogP contribution in [0.2, 0.25) is 0 Å². The standard InChI is InChI=1S/C17H19N3O/c1-10-11(2)19-17(20-12(10)3)14-6-4-13(5-7-14)15-8-16(21)18-9-15/h4-7,15H,8-9H2,1-3H3,(H,18,21). The van der Waals surface area contributed by atoms with Gasteiger partial charge in [-0.3, -0.25) is 4.79 Å². The Bertz CT molecular complexity index is 669. The van der Waals surface area contributed by atoms with Gasteiger partial charge >= 0.3 is 0 Å². The molecule has 4 heteroatoms. The highest BCUT2D eigenvalue weighted by Crippen LogP contribution is 2.25. The van der Waals surface area contributed by atoms with E-state index in [2.05, 4.69) is 27.4 Å². The topological polar surface area (TPSA) is 54.9 Å². The van der Waals surface area contributed by atoms with Crippen molar-refractivity contribution >= 4 is 5.91 Å². The maximum absolute atomic E-state index is 11.3. The molecule has 1 N–H and O–H groups in total. The van der Waals surface area contributed by atoms with Gasteiger partial charge in [-0.05, 0) is 31.9 Å². The number of hydrogen-bond donors (Lipinski definition) is 1. The molecule has 1 aliphatic heterocycles. The Kier molecular flexibility index (Phi) is 3.45. The number of carbonyl (C=O) groups excluding carboxylic acids is 1. The molecule has 0 spiro atoms. The molecule has 1 aliphatic rings. The van der Waals surface area contributed by atoms with Crippen LogP contribution in [0.15, 0.2) is 24.3 Å². The van der Waals surface area contributed by atoms with Crippen LogP contribution in [0, 0.1) is 20.8 Å². The summed E-state index contributed by atoms with van der Waals surface area (Å²) < 4.78 is 0. The quantitative estimate of drug-likeness (QED) is 0.920. The van der Waals surface area contributed by atoms with Crippen LogP contribution in [0.5, 0.6) is 0 Å². The van der Waals surface area contributed by atoms with Crippen LogP contribution in [0.4, 0.5) is 0 Å². The Labute approximate surface area is 124 Å². The van der Waals surface area contributed by atoms with Crippen LogP contribution in [-0.2, 0) is 4.79 Å². The zero-order valence-electron chi connectivity index (χ0n) is 12.6. The maximum Gasteiger partial charge on any atom is 0.220 e. The summed E-state index contributed by atoms with van der Waals surface area (Å²) in [4.78, 5) is 20.4. The fourth-order valence-electron chi connectivity index (χ4n) is 2.65. The van der Waals surface area contributed by atoms with Crippen molar-refractivity contribution in [1.82, 2.24) is 15.3 Å². The second-order valence-electron chi connectivity index (χ2n) is 5.67. The normalized spacial score (nSPS) is 17.9. The number of aromatic nitrogens is 2. The molecule has 0 aliphatic carbocycles. The Morgan fingerprint density at radius 1 is 1.05 bits per heavy atom. The first-order valence-corrected chi connectivity index (χ1v) is 7.23. The molecule has 2 aromatic rings. The minimum Gasteiger partial charge on any atom is -0.355 e. The van der Waals surface area contributed by atoms with Crippen molar-refractivity contribution in [3.63, 3.8) is 0 Å². The number of carbonyl (C=O) groups is 1. The van der Waals surface area contributed by atoms with Crippen molar-refractivity contribution in [2.24, 2.45) is 0 Å². The molecule has 21 heavy (non-hydrogen) atoms. The summed E-state index contributed by atoms with van der Waals surface area (Å²) in [6, 6.07) is 8.24. The summed E-state index contributed by atoms with van der Waals surface area (Å²) in [5.41, 5.74) is 5.39. The van der Waals surface area contributed by atoms with Crippen LogP contribution in [0.3, 0.4) is 0 Å². The molecule has 1 amide bonds. The lowest BCUT2D eigenvalue weighted by Gasteiger charge is -2.10. The Morgan fingerprint density at radius 3 is 2.19 bits per heavy atom. The number of aryl methyl sites for hydroxylation is 2. The number of amides is 1. The van der Waals surface area contributed by atoms with Gasteiger partial charge in [-0.15, -0.1) is 0 Å². The lowest BCUT2D eigenvalue weighted by atomic mass is 9.97. The largest absolute Gasteiger partial charge is 0.355 e. The SMILES string of the molecule is Cc1nc(-c2ccc(C3CNC(=O)C3)cc2)nc(C)c1C. The summed E-state index contributed by atoms with van der Waals surface area (Å²) in [5.74, 6) is 1.19. The summed E-state index contributed by atoms with van der Waals surface area (Å²) in [6.07, 6.45) is 0.582. The summed E-state index contributed by atoms with van der Waals surface area (Å²) in [5, 5.41) is 2.87. The molecule has 0 bridgehead atoms. The number of benzene rings is 1. The molecule has 1 unspecified atom stereocenters. The van der Waals surface area contributed by atoms with Crippen molar-refractivity contribution in [1.29, 1.82) is 0 Å². The van der Waals surface area contributed by atoms with Gasteiger partial charge in [-0.1, -0.05) is 24.3 Å². The lowest BCUT2D eigenvalue weighted by molar-refractivity contribution is -0.119. The highest BCUT2D eigenvalue weighted by atomic mass is 16.1. The maximum atomic E-state index is 11.3. The summed E-state index contributed by atoms with van der Waals surface area (Å²) in [6.45, 7) is 6.80. The molecule has 2 heterocycles. The van der Waals surface area contributed by atoms with E-state index in [9.17, 15) is 4.79 Å².